The second-order valence-electron chi connectivity index (χ2n) is 2.40. The van der Waals surface area contributed by atoms with E-state index in [-0.39, 0.29) is 5.56 Å². The molecule has 0 spiro atoms. The van der Waals surface area contributed by atoms with Gasteiger partial charge in [0.2, 0.25) is 0 Å². The van der Waals surface area contributed by atoms with Gasteiger partial charge in [0.15, 0.2) is 0 Å². The number of rotatable bonds is 0. The number of fused-ring (bicyclic) bond motifs is 1. The number of aromatic nitrogens is 3. The maximum atomic E-state index is 11.1. The van der Waals surface area contributed by atoms with E-state index in [1.54, 1.807) is 30.2 Å². The molecule has 0 unspecified atom stereocenters. The zero-order valence-corrected chi connectivity index (χ0v) is 6.03. The van der Waals surface area contributed by atoms with Crippen LogP contribution in [0, 0.1) is 0 Å². The highest BCUT2D eigenvalue weighted by molar-refractivity contribution is 5.73. The quantitative estimate of drug-likeness (QED) is 0.584. The van der Waals surface area contributed by atoms with Crippen molar-refractivity contribution in [1.29, 1.82) is 0 Å². The number of hydrogen-bond acceptors (Lipinski definition) is 2. The zero-order chi connectivity index (χ0) is 7.84. The summed E-state index contributed by atoms with van der Waals surface area (Å²) in [4.78, 5) is 17.8. The number of aryl methyl sites for hydroxylation is 1. The fraction of sp³-hybridized carbons (Fsp3) is 0.143. The molecule has 0 amide bonds. The Morgan fingerprint density at radius 3 is 3.18 bits per heavy atom. The van der Waals surface area contributed by atoms with Crippen molar-refractivity contribution < 1.29 is 0 Å². The van der Waals surface area contributed by atoms with E-state index < -0.39 is 0 Å². The van der Waals surface area contributed by atoms with Crippen LogP contribution in [0.1, 0.15) is 0 Å². The van der Waals surface area contributed by atoms with Crippen molar-refractivity contribution in [1.82, 2.24) is 14.5 Å². The Labute approximate surface area is 62.5 Å². The Morgan fingerprint density at radius 2 is 2.45 bits per heavy atom. The van der Waals surface area contributed by atoms with Gasteiger partial charge in [-0.1, -0.05) is 0 Å². The van der Waals surface area contributed by atoms with E-state index >= 15 is 0 Å². The summed E-state index contributed by atoms with van der Waals surface area (Å²) in [7, 11) is 1.80. The van der Waals surface area contributed by atoms with Gasteiger partial charge in [-0.25, -0.2) is 4.98 Å². The summed E-state index contributed by atoms with van der Waals surface area (Å²) in [5, 5.41) is 0. The van der Waals surface area contributed by atoms with Crippen LogP contribution in [0.25, 0.3) is 11.0 Å². The van der Waals surface area contributed by atoms with Crippen molar-refractivity contribution in [2.45, 2.75) is 0 Å². The molecule has 2 heterocycles. The highest BCUT2D eigenvalue weighted by atomic mass is 16.1. The molecule has 11 heavy (non-hydrogen) atoms. The summed E-state index contributed by atoms with van der Waals surface area (Å²) in [5.41, 5.74) is 1.26. The SMILES string of the molecule is Cn1cnc2cc[nH]c(=O)c21. The first-order valence-electron chi connectivity index (χ1n) is 3.28. The van der Waals surface area contributed by atoms with Crippen LogP contribution in [0.15, 0.2) is 23.4 Å². The van der Waals surface area contributed by atoms with Gasteiger partial charge in [-0.15, -0.1) is 0 Å². The van der Waals surface area contributed by atoms with E-state index in [0.29, 0.717) is 5.52 Å². The van der Waals surface area contributed by atoms with Gasteiger partial charge in [-0.2, -0.15) is 0 Å². The Kier molecular flexibility index (Phi) is 1.09. The number of nitrogens with one attached hydrogen (secondary N) is 1. The molecule has 0 saturated heterocycles. The lowest BCUT2D eigenvalue weighted by molar-refractivity contribution is 0.939. The fourth-order valence-corrected chi connectivity index (χ4v) is 1.11. The third-order valence-electron chi connectivity index (χ3n) is 1.64. The lowest BCUT2D eigenvalue weighted by Gasteiger charge is -1.89. The van der Waals surface area contributed by atoms with Gasteiger partial charge in [-0.05, 0) is 6.07 Å². The summed E-state index contributed by atoms with van der Waals surface area (Å²) < 4.78 is 1.70. The third-order valence-corrected chi connectivity index (χ3v) is 1.64. The lowest BCUT2D eigenvalue weighted by Crippen LogP contribution is -2.07. The molecule has 0 radical (unpaired) electrons. The van der Waals surface area contributed by atoms with Crippen LogP contribution < -0.4 is 5.56 Å². The molecule has 0 aliphatic rings. The molecule has 0 bridgehead atoms. The minimum absolute atomic E-state index is 0.0949. The zero-order valence-electron chi connectivity index (χ0n) is 6.03. The fourth-order valence-electron chi connectivity index (χ4n) is 1.11. The van der Waals surface area contributed by atoms with Gasteiger partial charge in [0.25, 0.3) is 5.56 Å². The Bertz CT molecular complexity index is 440. The monoisotopic (exact) mass is 149 g/mol. The van der Waals surface area contributed by atoms with Crippen molar-refractivity contribution in [3.05, 3.63) is 28.9 Å². The van der Waals surface area contributed by atoms with E-state index in [0.717, 1.165) is 5.52 Å². The van der Waals surface area contributed by atoms with Crippen LogP contribution in [0.3, 0.4) is 0 Å². The first kappa shape index (κ1) is 6.15. The largest absolute Gasteiger partial charge is 0.329 e. The number of imidazole rings is 1. The van der Waals surface area contributed by atoms with Crippen LogP contribution in [-0.4, -0.2) is 14.5 Å². The van der Waals surface area contributed by atoms with Gasteiger partial charge < -0.3 is 9.55 Å². The smallest absolute Gasteiger partial charge is 0.274 e. The van der Waals surface area contributed by atoms with Crippen LogP contribution in [0.5, 0.6) is 0 Å². The van der Waals surface area contributed by atoms with Gasteiger partial charge in [0.05, 0.1) is 11.8 Å². The standard InChI is InChI=1S/C7H7N3O/c1-10-4-9-5-2-3-8-7(11)6(5)10/h2-4H,1H3,(H,8,11). The molecule has 0 aliphatic heterocycles. The molecule has 2 aromatic rings. The van der Waals surface area contributed by atoms with Crippen molar-refractivity contribution in [2.24, 2.45) is 7.05 Å². The maximum Gasteiger partial charge on any atom is 0.274 e. The average Bonchev–Trinajstić information content (AvgIpc) is 2.34. The summed E-state index contributed by atoms with van der Waals surface area (Å²) in [6.45, 7) is 0. The van der Waals surface area contributed by atoms with Gasteiger partial charge in [0.1, 0.15) is 5.52 Å². The second kappa shape index (κ2) is 1.95. The Hall–Kier alpha value is -1.58. The topological polar surface area (TPSA) is 50.7 Å². The summed E-state index contributed by atoms with van der Waals surface area (Å²) in [6.07, 6.45) is 3.22. The molecule has 56 valence electrons. The van der Waals surface area contributed by atoms with E-state index in [9.17, 15) is 4.79 Å². The predicted molar refractivity (Wildman–Crippen MR) is 41.3 cm³/mol. The first-order valence-corrected chi connectivity index (χ1v) is 3.28. The third kappa shape index (κ3) is 0.756. The van der Waals surface area contributed by atoms with Gasteiger partial charge in [-0.3, -0.25) is 4.79 Å². The molecule has 0 saturated carbocycles. The first-order chi connectivity index (χ1) is 5.29. The Morgan fingerprint density at radius 1 is 1.64 bits per heavy atom. The van der Waals surface area contributed by atoms with Crippen LogP contribution >= 0.6 is 0 Å². The predicted octanol–water partition coefficient (Wildman–Crippen LogP) is 0.262. The summed E-state index contributed by atoms with van der Waals surface area (Å²) in [6, 6.07) is 1.77. The van der Waals surface area contributed by atoms with Crippen LogP contribution in [0.4, 0.5) is 0 Å². The average molecular weight is 149 g/mol. The molecular formula is C7H7N3O. The molecule has 4 heteroatoms. The van der Waals surface area contributed by atoms with Gasteiger partial charge >= 0.3 is 0 Å². The highest BCUT2D eigenvalue weighted by Gasteiger charge is 2.00. The van der Waals surface area contributed by atoms with Crippen LogP contribution in [-0.2, 0) is 7.05 Å². The summed E-state index contributed by atoms with van der Waals surface area (Å²) in [5.74, 6) is 0. The molecule has 1 N–H and O–H groups in total. The maximum absolute atomic E-state index is 11.1. The van der Waals surface area contributed by atoms with E-state index in [2.05, 4.69) is 9.97 Å². The number of aromatic amines is 1. The van der Waals surface area contributed by atoms with E-state index in [4.69, 9.17) is 0 Å². The Balaban J connectivity index is 3.08. The lowest BCUT2D eigenvalue weighted by atomic mass is 10.4. The molecule has 0 aromatic carbocycles. The van der Waals surface area contributed by atoms with E-state index in [1.807, 2.05) is 0 Å². The van der Waals surface area contributed by atoms with Crippen LogP contribution in [0.2, 0.25) is 0 Å². The molecule has 2 rings (SSSR count). The number of nitrogens with zero attached hydrogens (tertiary/aromatic N) is 2. The van der Waals surface area contributed by atoms with Gasteiger partial charge in [0, 0.05) is 13.2 Å². The molecule has 0 atom stereocenters. The van der Waals surface area contributed by atoms with Crippen molar-refractivity contribution in [2.75, 3.05) is 0 Å². The van der Waals surface area contributed by atoms with Crippen molar-refractivity contribution in [3.63, 3.8) is 0 Å². The molecular weight excluding hydrogens is 142 g/mol. The number of hydrogen-bond donors (Lipinski definition) is 1. The van der Waals surface area contributed by atoms with Crippen molar-refractivity contribution in [3.8, 4) is 0 Å². The molecule has 2 aromatic heterocycles. The van der Waals surface area contributed by atoms with Crippen molar-refractivity contribution >= 4 is 11.0 Å². The minimum atomic E-state index is -0.0949. The highest BCUT2D eigenvalue weighted by Crippen LogP contribution is 2.02. The molecule has 0 aliphatic carbocycles. The number of pyridine rings is 1. The molecule has 0 fully saturated rings. The normalized spacial score (nSPS) is 10.6. The minimum Gasteiger partial charge on any atom is -0.329 e. The molecule has 4 nitrogen and oxygen atoms in total. The second-order valence-corrected chi connectivity index (χ2v) is 2.40. The van der Waals surface area contributed by atoms with E-state index in [1.165, 1.54) is 0 Å². The summed E-state index contributed by atoms with van der Waals surface area (Å²) >= 11 is 0. The number of H-pyrrole nitrogens is 1.